The molecule has 11 heteroatoms. The number of carbonyl (C=O) groups is 3. The van der Waals surface area contributed by atoms with Gasteiger partial charge >= 0.3 is 24.3 Å². The number of rotatable bonds is 9. The van der Waals surface area contributed by atoms with Crippen LogP contribution in [0.15, 0.2) is 48.5 Å². The number of alkyl carbamates (subject to hydrolysis) is 2. The minimum absolute atomic E-state index is 0.0517. The summed E-state index contributed by atoms with van der Waals surface area (Å²) in [6.07, 6.45) is -7.54. The van der Waals surface area contributed by atoms with Crippen LogP contribution in [0.25, 0.3) is 0 Å². The van der Waals surface area contributed by atoms with E-state index in [9.17, 15) is 32.7 Å². The summed E-state index contributed by atoms with van der Waals surface area (Å²) in [5.41, 5.74) is 1.01. The number of amides is 2. The Kier molecular flexibility index (Phi) is 9.43. The van der Waals surface area contributed by atoms with Crippen molar-refractivity contribution in [2.75, 3.05) is 0 Å². The first kappa shape index (κ1) is 26.7. The number of hydrogen-bond donors (Lipinski definition) is 3. The molecule has 2 rings (SSSR count). The van der Waals surface area contributed by atoms with Crippen LogP contribution >= 0.6 is 0 Å². The lowest BCUT2D eigenvalue weighted by Gasteiger charge is -2.16. The second kappa shape index (κ2) is 12.0. The van der Waals surface area contributed by atoms with E-state index in [0.717, 1.165) is 17.7 Å². The molecule has 3 N–H and O–H groups in total. The van der Waals surface area contributed by atoms with Gasteiger partial charge in [-0.25, -0.2) is 14.4 Å². The van der Waals surface area contributed by atoms with Gasteiger partial charge in [-0.1, -0.05) is 36.4 Å². The second-order valence-electron chi connectivity index (χ2n) is 7.61. The van der Waals surface area contributed by atoms with Crippen molar-refractivity contribution in [1.29, 1.82) is 0 Å². The van der Waals surface area contributed by atoms with Crippen LogP contribution in [-0.2, 0) is 40.0 Å². The molecule has 0 radical (unpaired) electrons. The molecule has 0 fully saturated rings. The van der Waals surface area contributed by atoms with Gasteiger partial charge in [-0.15, -0.1) is 0 Å². The fourth-order valence-electron chi connectivity index (χ4n) is 2.85. The fourth-order valence-corrected chi connectivity index (χ4v) is 2.85. The van der Waals surface area contributed by atoms with Crippen molar-refractivity contribution >= 4 is 18.2 Å². The molecule has 1 atom stereocenters. The van der Waals surface area contributed by atoms with Gasteiger partial charge in [-0.05, 0) is 42.7 Å². The van der Waals surface area contributed by atoms with Crippen LogP contribution in [0.3, 0.4) is 0 Å². The molecule has 2 aromatic carbocycles. The van der Waals surface area contributed by atoms with Gasteiger partial charge in [0, 0.05) is 19.5 Å². The highest BCUT2D eigenvalue weighted by molar-refractivity contribution is 5.83. The molecule has 0 bridgehead atoms. The summed E-state index contributed by atoms with van der Waals surface area (Å²) in [6.45, 7) is 3.43. The molecular formula is C23H25F3N2O6. The molecule has 34 heavy (non-hydrogen) atoms. The highest BCUT2D eigenvalue weighted by Crippen LogP contribution is 2.29. The molecule has 2 aromatic rings. The van der Waals surface area contributed by atoms with Crippen molar-refractivity contribution in [2.45, 2.75) is 51.7 Å². The van der Waals surface area contributed by atoms with Gasteiger partial charge in [0.1, 0.15) is 0 Å². The summed E-state index contributed by atoms with van der Waals surface area (Å²) in [5.74, 6) is -1.06. The van der Waals surface area contributed by atoms with Crippen LogP contribution in [0.1, 0.15) is 36.1 Å². The lowest BCUT2D eigenvalue weighted by atomic mass is 10.1. The third-order valence-electron chi connectivity index (χ3n) is 4.50. The van der Waals surface area contributed by atoms with E-state index >= 15 is 0 Å². The maximum atomic E-state index is 12.6. The van der Waals surface area contributed by atoms with Gasteiger partial charge in [0.25, 0.3) is 0 Å². The summed E-state index contributed by atoms with van der Waals surface area (Å²) in [4.78, 5) is 34.8. The summed E-state index contributed by atoms with van der Waals surface area (Å²) >= 11 is 0. The molecule has 2 amide bonds. The molecule has 0 saturated heterocycles. The Hall–Kier alpha value is -3.60. The zero-order chi connectivity index (χ0) is 25.3. The molecule has 8 nitrogen and oxygen atoms in total. The maximum Gasteiger partial charge on any atom is 0.416 e. The molecule has 0 saturated carbocycles. The number of carboxylic acids is 1. The first-order valence-corrected chi connectivity index (χ1v) is 10.3. The average molecular weight is 482 g/mol. The fraction of sp³-hybridized carbons (Fsp3) is 0.348. The van der Waals surface area contributed by atoms with Gasteiger partial charge in [0.15, 0.2) is 6.10 Å². The molecule has 0 aliphatic heterocycles. The lowest BCUT2D eigenvalue weighted by Crippen LogP contribution is -2.32. The molecule has 0 aromatic heterocycles. The van der Waals surface area contributed by atoms with Gasteiger partial charge < -0.3 is 25.2 Å². The predicted octanol–water partition coefficient (Wildman–Crippen LogP) is 4.26. The van der Waals surface area contributed by atoms with Crippen LogP contribution in [0.2, 0.25) is 0 Å². The Morgan fingerprint density at radius 1 is 0.853 bits per heavy atom. The van der Waals surface area contributed by atoms with E-state index in [4.69, 9.17) is 4.74 Å². The van der Waals surface area contributed by atoms with Crippen molar-refractivity contribution in [1.82, 2.24) is 10.6 Å². The highest BCUT2D eigenvalue weighted by Gasteiger charge is 2.29. The number of hydrogen-bond acceptors (Lipinski definition) is 5. The number of carbonyl (C=O) groups excluding carboxylic acids is 2. The third-order valence-corrected chi connectivity index (χ3v) is 4.50. The SMILES string of the molecule is CC(C)OC(Cc1ccc(CNC(=O)OC(=O)NCc2ccc(C(F)(F)F)cc2)cc1)C(=O)O. The maximum absolute atomic E-state index is 12.6. The third kappa shape index (κ3) is 9.10. The first-order chi connectivity index (χ1) is 15.9. The quantitative estimate of drug-likeness (QED) is 0.460. The van der Waals surface area contributed by atoms with Gasteiger partial charge in [0.2, 0.25) is 0 Å². The van der Waals surface area contributed by atoms with Crippen molar-refractivity contribution in [3.05, 3.63) is 70.8 Å². The zero-order valence-electron chi connectivity index (χ0n) is 18.5. The van der Waals surface area contributed by atoms with Gasteiger partial charge in [-0.2, -0.15) is 13.2 Å². The van der Waals surface area contributed by atoms with E-state index in [-0.39, 0.29) is 25.6 Å². The number of carboxylic acid groups (broad SMARTS) is 1. The Morgan fingerprint density at radius 3 is 1.71 bits per heavy atom. The lowest BCUT2D eigenvalue weighted by molar-refractivity contribution is -0.153. The van der Waals surface area contributed by atoms with Crippen molar-refractivity contribution in [2.24, 2.45) is 0 Å². The molecule has 0 spiro atoms. The molecule has 1 unspecified atom stereocenters. The van der Waals surface area contributed by atoms with E-state index in [1.165, 1.54) is 12.1 Å². The topological polar surface area (TPSA) is 114 Å². The summed E-state index contributed by atoms with van der Waals surface area (Å²) in [5, 5.41) is 13.9. The van der Waals surface area contributed by atoms with Crippen LogP contribution in [-0.4, -0.2) is 35.5 Å². The van der Waals surface area contributed by atoms with E-state index < -0.39 is 36.0 Å². The number of aliphatic carboxylic acids is 1. The average Bonchev–Trinajstić information content (AvgIpc) is 2.76. The van der Waals surface area contributed by atoms with Crippen LogP contribution < -0.4 is 10.6 Å². The van der Waals surface area contributed by atoms with Crippen molar-refractivity contribution in [3.8, 4) is 0 Å². The van der Waals surface area contributed by atoms with E-state index in [1.54, 1.807) is 38.1 Å². The van der Waals surface area contributed by atoms with Crippen molar-refractivity contribution in [3.63, 3.8) is 0 Å². The number of alkyl halides is 3. The first-order valence-electron chi connectivity index (χ1n) is 10.3. The monoisotopic (exact) mass is 482 g/mol. The minimum atomic E-state index is -4.45. The minimum Gasteiger partial charge on any atom is -0.479 e. The van der Waals surface area contributed by atoms with Crippen LogP contribution in [0.4, 0.5) is 22.8 Å². The Bertz CT molecular complexity index is 976. The molecule has 0 heterocycles. The number of ether oxygens (including phenoxy) is 2. The molecule has 0 aliphatic carbocycles. The summed E-state index contributed by atoms with van der Waals surface area (Å²) in [7, 11) is 0. The van der Waals surface area contributed by atoms with E-state index in [1.807, 2.05) is 0 Å². The van der Waals surface area contributed by atoms with E-state index in [2.05, 4.69) is 15.4 Å². The predicted molar refractivity (Wildman–Crippen MR) is 115 cm³/mol. The summed E-state index contributed by atoms with van der Waals surface area (Å²) < 4.78 is 47.6. The number of nitrogens with one attached hydrogen (secondary N) is 2. The van der Waals surface area contributed by atoms with E-state index in [0.29, 0.717) is 11.1 Å². The number of benzene rings is 2. The largest absolute Gasteiger partial charge is 0.479 e. The second-order valence-corrected chi connectivity index (χ2v) is 7.61. The Morgan fingerprint density at radius 2 is 1.29 bits per heavy atom. The smallest absolute Gasteiger partial charge is 0.416 e. The van der Waals surface area contributed by atoms with Crippen molar-refractivity contribution < 1.29 is 42.1 Å². The summed E-state index contributed by atoms with van der Waals surface area (Å²) in [6, 6.07) is 11.0. The van der Waals surface area contributed by atoms with Gasteiger partial charge in [-0.3, -0.25) is 0 Å². The van der Waals surface area contributed by atoms with Crippen LogP contribution in [0, 0.1) is 0 Å². The Labute approximate surface area is 194 Å². The molecular weight excluding hydrogens is 457 g/mol. The van der Waals surface area contributed by atoms with Gasteiger partial charge in [0.05, 0.1) is 11.7 Å². The standard InChI is InChI=1S/C23H25F3N2O6/c1-14(2)33-19(20(29)30)11-15-3-5-16(6-4-15)12-27-21(31)34-22(32)28-13-17-7-9-18(10-8-17)23(24,25)26/h3-10,14,19H,11-13H2,1-2H3,(H,27,31)(H,28,32)(H,29,30). The molecule has 0 aliphatic rings. The molecule has 184 valence electrons. The number of halogens is 3. The highest BCUT2D eigenvalue weighted by atomic mass is 19.4. The zero-order valence-corrected chi connectivity index (χ0v) is 18.5. The normalized spacial score (nSPS) is 12.2. The Balaban J connectivity index is 1.75. The van der Waals surface area contributed by atoms with Crippen LogP contribution in [0.5, 0.6) is 0 Å².